The van der Waals surface area contributed by atoms with E-state index in [9.17, 15) is 15.3 Å². The number of nitrogens with zero attached hydrogens (tertiary/aromatic N) is 4. The molecule has 8 nitrogen and oxygen atoms in total. The number of nitrogens with two attached hydrogens (primary N) is 1. The molecule has 2 aromatic heterocycles. The molecule has 9 heteroatoms. The first-order chi connectivity index (χ1) is 13.5. The Hall–Kier alpha value is -1.42. The second kappa shape index (κ2) is 7.78. The molecule has 2 saturated carbocycles. The standard InChI is InChI=1S/C19H29N5O3S/c1-2-3-4-5-6-7-28-18-22-16(20)12-17(23-18)24(10-21-12)13-11-8-19(11,9-25)15(27)14(13)26/h10-11,13-15,25-27H,2-9H2,1H3,(H2,20,22,23)/t11-,13-,14?,15?,19+/m1/s1. The number of aromatic nitrogens is 4. The van der Waals surface area contributed by atoms with Crippen molar-refractivity contribution in [2.45, 2.75) is 68.9 Å². The van der Waals surface area contributed by atoms with Gasteiger partial charge in [-0.1, -0.05) is 44.4 Å². The lowest BCUT2D eigenvalue weighted by atomic mass is 10.0. The zero-order valence-corrected chi connectivity index (χ0v) is 17.0. The van der Waals surface area contributed by atoms with Crippen LogP contribution in [0.4, 0.5) is 5.82 Å². The van der Waals surface area contributed by atoms with Gasteiger partial charge in [0.1, 0.15) is 11.6 Å². The topological polar surface area (TPSA) is 130 Å². The number of aliphatic hydroxyl groups excluding tert-OH is 3. The van der Waals surface area contributed by atoms with Crippen molar-refractivity contribution in [3.8, 4) is 0 Å². The molecule has 0 aromatic carbocycles. The Morgan fingerprint density at radius 1 is 1.25 bits per heavy atom. The van der Waals surface area contributed by atoms with Gasteiger partial charge in [-0.25, -0.2) is 15.0 Å². The van der Waals surface area contributed by atoms with Crippen LogP contribution in [0.25, 0.3) is 11.2 Å². The van der Waals surface area contributed by atoms with Crippen LogP contribution in [-0.2, 0) is 0 Å². The van der Waals surface area contributed by atoms with Gasteiger partial charge in [-0.05, 0) is 18.8 Å². The minimum atomic E-state index is -0.964. The molecule has 0 aliphatic heterocycles. The molecule has 2 aromatic rings. The first kappa shape index (κ1) is 19.9. The third-order valence-corrected chi connectivity index (χ3v) is 7.31. The lowest BCUT2D eigenvalue weighted by Crippen LogP contribution is -2.35. The predicted octanol–water partition coefficient (Wildman–Crippen LogP) is 1.75. The molecule has 0 bridgehead atoms. The predicted molar refractivity (Wildman–Crippen MR) is 108 cm³/mol. The highest BCUT2D eigenvalue weighted by Crippen LogP contribution is 2.67. The van der Waals surface area contributed by atoms with Crippen LogP contribution in [0.3, 0.4) is 0 Å². The summed E-state index contributed by atoms with van der Waals surface area (Å²) in [5, 5.41) is 31.3. The van der Waals surface area contributed by atoms with Crippen LogP contribution in [0, 0.1) is 11.3 Å². The van der Waals surface area contributed by atoms with Crippen LogP contribution in [0.1, 0.15) is 51.5 Å². The van der Waals surface area contributed by atoms with E-state index < -0.39 is 17.6 Å². The number of rotatable bonds is 9. The van der Waals surface area contributed by atoms with Gasteiger partial charge in [-0.2, -0.15) is 0 Å². The number of imidazole rings is 1. The van der Waals surface area contributed by atoms with Crippen molar-refractivity contribution < 1.29 is 15.3 Å². The maximum Gasteiger partial charge on any atom is 0.191 e. The summed E-state index contributed by atoms with van der Waals surface area (Å²) < 4.78 is 1.81. The Kier molecular flexibility index (Phi) is 5.52. The van der Waals surface area contributed by atoms with E-state index in [4.69, 9.17) is 5.73 Å². The number of hydrogen-bond donors (Lipinski definition) is 4. The summed E-state index contributed by atoms with van der Waals surface area (Å²) in [6.07, 6.45) is 6.46. The van der Waals surface area contributed by atoms with Gasteiger partial charge >= 0.3 is 0 Å². The molecule has 2 unspecified atom stereocenters. The smallest absolute Gasteiger partial charge is 0.191 e. The normalized spacial score (nSPS) is 31.4. The summed E-state index contributed by atoms with van der Waals surface area (Å²) in [5.41, 5.74) is 6.60. The molecule has 2 aliphatic carbocycles. The SMILES string of the molecule is CCCCCCCSc1nc(N)c2ncn([C@H]3C(O)C(O)[C@]4(CO)C[C@H]34)c2n1. The van der Waals surface area contributed by atoms with E-state index in [1.54, 1.807) is 18.1 Å². The zero-order chi connectivity index (χ0) is 19.9. The minimum Gasteiger partial charge on any atom is -0.396 e. The summed E-state index contributed by atoms with van der Waals surface area (Å²) in [6, 6.07) is -0.367. The summed E-state index contributed by atoms with van der Waals surface area (Å²) in [7, 11) is 0. The molecule has 154 valence electrons. The van der Waals surface area contributed by atoms with Crippen molar-refractivity contribution in [1.82, 2.24) is 19.5 Å². The molecule has 0 amide bonds. The summed E-state index contributed by atoms with van der Waals surface area (Å²) in [6.45, 7) is 2.07. The summed E-state index contributed by atoms with van der Waals surface area (Å²) in [4.78, 5) is 13.4. The van der Waals surface area contributed by atoms with Crippen LogP contribution in [0.2, 0.25) is 0 Å². The number of unbranched alkanes of at least 4 members (excludes halogenated alkanes) is 4. The largest absolute Gasteiger partial charge is 0.396 e. The van der Waals surface area contributed by atoms with Crippen molar-refractivity contribution in [3.63, 3.8) is 0 Å². The van der Waals surface area contributed by atoms with Gasteiger partial charge < -0.3 is 25.6 Å². The number of anilines is 1. The monoisotopic (exact) mass is 407 g/mol. The Bertz CT molecular complexity index is 846. The number of nitrogen functional groups attached to an aromatic ring is 1. The highest BCUT2D eigenvalue weighted by Gasteiger charge is 2.71. The molecular weight excluding hydrogens is 378 g/mol. The lowest BCUT2D eigenvalue weighted by molar-refractivity contribution is -0.0300. The maximum absolute atomic E-state index is 10.6. The van der Waals surface area contributed by atoms with Crippen molar-refractivity contribution in [1.29, 1.82) is 0 Å². The zero-order valence-electron chi connectivity index (χ0n) is 16.2. The van der Waals surface area contributed by atoms with E-state index in [1.807, 2.05) is 4.57 Å². The highest BCUT2D eigenvalue weighted by atomic mass is 32.2. The number of hydrogen-bond acceptors (Lipinski definition) is 8. The Labute approximate surface area is 168 Å². The van der Waals surface area contributed by atoms with Gasteiger partial charge in [0.25, 0.3) is 0 Å². The summed E-state index contributed by atoms with van der Waals surface area (Å²) in [5.74, 6) is 1.27. The molecule has 2 heterocycles. The molecule has 0 radical (unpaired) electrons. The van der Waals surface area contributed by atoms with Crippen molar-refractivity contribution in [2.24, 2.45) is 11.3 Å². The van der Waals surface area contributed by atoms with Crippen LogP contribution in [0.5, 0.6) is 0 Å². The van der Waals surface area contributed by atoms with Crippen molar-refractivity contribution in [2.75, 3.05) is 18.1 Å². The average molecular weight is 408 g/mol. The van der Waals surface area contributed by atoms with E-state index >= 15 is 0 Å². The number of thioether (sulfide) groups is 1. The van der Waals surface area contributed by atoms with Crippen LogP contribution >= 0.6 is 11.8 Å². The van der Waals surface area contributed by atoms with E-state index in [0.29, 0.717) is 28.6 Å². The number of fused-ring (bicyclic) bond motifs is 2. The van der Waals surface area contributed by atoms with Gasteiger partial charge in [0.15, 0.2) is 16.6 Å². The first-order valence-corrected chi connectivity index (χ1v) is 11.1. The quantitative estimate of drug-likeness (QED) is 0.281. The van der Waals surface area contributed by atoms with Crippen LogP contribution in [-0.4, -0.2) is 59.4 Å². The van der Waals surface area contributed by atoms with Crippen molar-refractivity contribution in [3.05, 3.63) is 6.33 Å². The van der Waals surface area contributed by atoms with Gasteiger partial charge in [-0.15, -0.1) is 0 Å². The van der Waals surface area contributed by atoms with E-state index in [0.717, 1.165) is 12.2 Å². The first-order valence-electron chi connectivity index (χ1n) is 10.1. The number of aliphatic hydroxyl groups is 3. The second-order valence-electron chi connectivity index (χ2n) is 8.11. The molecular formula is C19H29N5O3S. The van der Waals surface area contributed by atoms with Crippen LogP contribution in [0.15, 0.2) is 11.5 Å². The van der Waals surface area contributed by atoms with E-state index in [2.05, 4.69) is 21.9 Å². The molecule has 28 heavy (non-hydrogen) atoms. The van der Waals surface area contributed by atoms with Gasteiger partial charge in [-0.3, -0.25) is 0 Å². The minimum absolute atomic E-state index is 0.00533. The molecule has 4 rings (SSSR count). The molecule has 5 atom stereocenters. The molecule has 5 N–H and O–H groups in total. The fourth-order valence-electron chi connectivity index (χ4n) is 4.62. The third kappa shape index (κ3) is 3.18. The van der Waals surface area contributed by atoms with E-state index in [-0.39, 0.29) is 18.6 Å². The summed E-state index contributed by atoms with van der Waals surface area (Å²) >= 11 is 1.58. The van der Waals surface area contributed by atoms with Gasteiger partial charge in [0, 0.05) is 11.2 Å². The second-order valence-corrected chi connectivity index (χ2v) is 9.17. The lowest BCUT2D eigenvalue weighted by Gasteiger charge is -2.23. The molecule has 2 aliphatic rings. The maximum atomic E-state index is 10.6. The van der Waals surface area contributed by atoms with Gasteiger partial charge in [0.05, 0.1) is 25.1 Å². The van der Waals surface area contributed by atoms with Gasteiger partial charge in [0.2, 0.25) is 0 Å². The average Bonchev–Trinajstić information content (AvgIpc) is 3.20. The third-order valence-electron chi connectivity index (χ3n) is 6.38. The molecule has 0 spiro atoms. The molecule has 2 fully saturated rings. The van der Waals surface area contributed by atoms with E-state index in [1.165, 1.54) is 25.7 Å². The fourth-order valence-corrected chi connectivity index (χ4v) is 5.46. The van der Waals surface area contributed by atoms with Crippen molar-refractivity contribution >= 4 is 28.7 Å². The fraction of sp³-hybridized carbons (Fsp3) is 0.737. The Morgan fingerprint density at radius 2 is 2.04 bits per heavy atom. The molecule has 0 saturated heterocycles. The highest BCUT2D eigenvalue weighted by molar-refractivity contribution is 7.99. The van der Waals surface area contributed by atoms with Crippen LogP contribution < -0.4 is 5.73 Å². The Balaban J connectivity index is 1.53. The Morgan fingerprint density at radius 3 is 2.75 bits per heavy atom.